The van der Waals surface area contributed by atoms with Crippen LogP contribution in [-0.4, -0.2) is 48.5 Å². The molecule has 0 atom stereocenters. The molecule has 2 rings (SSSR count). The number of aryl methyl sites for hydroxylation is 2. The molecule has 0 saturated carbocycles. The van der Waals surface area contributed by atoms with Crippen molar-refractivity contribution in [3.63, 3.8) is 0 Å². The van der Waals surface area contributed by atoms with Gasteiger partial charge < -0.3 is 5.32 Å². The third kappa shape index (κ3) is 5.09. The number of nitrogens with one attached hydrogen (secondary N) is 2. The summed E-state index contributed by atoms with van der Waals surface area (Å²) in [4.78, 5) is 12.3. The van der Waals surface area contributed by atoms with E-state index in [9.17, 15) is 13.2 Å². The van der Waals surface area contributed by atoms with Crippen LogP contribution in [0.2, 0.25) is 5.02 Å². The molecule has 7 nitrogen and oxygen atoms in total. The fraction of sp³-hybridized carbons (Fsp3) is 0.444. The summed E-state index contributed by atoms with van der Waals surface area (Å²) in [6, 6.07) is 4.31. The molecule has 9 heteroatoms. The molecule has 148 valence electrons. The number of amides is 1. The van der Waals surface area contributed by atoms with Crippen LogP contribution in [0.4, 0.5) is 0 Å². The molecular formula is C18H25ClN4O3S. The molecular weight excluding hydrogens is 388 g/mol. The predicted octanol–water partition coefficient (Wildman–Crippen LogP) is 2.76. The largest absolute Gasteiger partial charge is 0.352 e. The molecule has 0 saturated heterocycles. The van der Waals surface area contributed by atoms with Gasteiger partial charge in [-0.15, -0.1) is 0 Å². The Morgan fingerprint density at radius 2 is 2.00 bits per heavy atom. The minimum Gasteiger partial charge on any atom is -0.352 e. The lowest BCUT2D eigenvalue weighted by atomic mass is 10.1. The van der Waals surface area contributed by atoms with E-state index in [2.05, 4.69) is 15.5 Å². The second-order valence-corrected chi connectivity index (χ2v) is 8.43. The summed E-state index contributed by atoms with van der Waals surface area (Å²) in [6.45, 7) is 6.61. The highest BCUT2D eigenvalue weighted by molar-refractivity contribution is 7.89. The molecule has 0 aliphatic carbocycles. The number of sulfonamides is 1. The minimum absolute atomic E-state index is 0.0467. The second kappa shape index (κ2) is 9.34. The summed E-state index contributed by atoms with van der Waals surface area (Å²) < 4.78 is 26.7. The first-order valence-electron chi connectivity index (χ1n) is 8.88. The first kappa shape index (κ1) is 21.4. The van der Waals surface area contributed by atoms with Gasteiger partial charge in [-0.05, 0) is 43.5 Å². The van der Waals surface area contributed by atoms with Crippen LogP contribution in [0.25, 0.3) is 0 Å². The standard InChI is InChI=1S/C18H25ClN4O3S/c1-4-23(5-2)27(25,26)17-11-14(8-9-16(17)19)18(24)20-10-6-7-15-12-21-22-13(15)3/h8-9,11-12H,4-7,10H2,1-3H3,(H,20,24)(H,21,22). The van der Waals surface area contributed by atoms with E-state index in [0.717, 1.165) is 24.1 Å². The maximum Gasteiger partial charge on any atom is 0.251 e. The normalized spacial score (nSPS) is 11.7. The van der Waals surface area contributed by atoms with Crippen molar-refractivity contribution in [1.29, 1.82) is 0 Å². The highest BCUT2D eigenvalue weighted by Crippen LogP contribution is 2.25. The number of hydrogen-bond acceptors (Lipinski definition) is 4. The smallest absolute Gasteiger partial charge is 0.251 e. The summed E-state index contributed by atoms with van der Waals surface area (Å²) in [5.74, 6) is -0.327. The SMILES string of the molecule is CCN(CC)S(=O)(=O)c1cc(C(=O)NCCCc2cn[nH]c2C)ccc1Cl. The summed E-state index contributed by atoms with van der Waals surface area (Å²) in [6.07, 6.45) is 3.33. The fourth-order valence-electron chi connectivity index (χ4n) is 2.76. The first-order valence-corrected chi connectivity index (χ1v) is 10.7. The van der Waals surface area contributed by atoms with Gasteiger partial charge in [0.1, 0.15) is 4.90 Å². The van der Waals surface area contributed by atoms with E-state index in [0.29, 0.717) is 19.6 Å². The quantitative estimate of drug-likeness (QED) is 0.619. The third-order valence-corrected chi connectivity index (χ3v) is 6.89. The van der Waals surface area contributed by atoms with Crippen molar-refractivity contribution in [2.24, 2.45) is 0 Å². The van der Waals surface area contributed by atoms with Gasteiger partial charge in [0.05, 0.1) is 11.2 Å². The van der Waals surface area contributed by atoms with Crippen molar-refractivity contribution in [3.05, 3.63) is 46.2 Å². The number of aromatic amines is 1. The van der Waals surface area contributed by atoms with Crippen LogP contribution in [0, 0.1) is 6.92 Å². The van der Waals surface area contributed by atoms with E-state index >= 15 is 0 Å². The van der Waals surface area contributed by atoms with Crippen LogP contribution in [0.5, 0.6) is 0 Å². The van der Waals surface area contributed by atoms with Crippen LogP contribution < -0.4 is 5.32 Å². The van der Waals surface area contributed by atoms with Gasteiger partial charge in [0, 0.05) is 30.9 Å². The highest BCUT2D eigenvalue weighted by Gasteiger charge is 2.25. The Morgan fingerprint density at radius 3 is 2.59 bits per heavy atom. The lowest BCUT2D eigenvalue weighted by Crippen LogP contribution is -2.31. The number of carbonyl (C=O) groups excluding carboxylic acids is 1. The number of carbonyl (C=O) groups is 1. The van der Waals surface area contributed by atoms with Crippen molar-refractivity contribution < 1.29 is 13.2 Å². The topological polar surface area (TPSA) is 95.2 Å². The van der Waals surface area contributed by atoms with Crippen molar-refractivity contribution in [2.75, 3.05) is 19.6 Å². The Labute approximate surface area is 165 Å². The van der Waals surface area contributed by atoms with Crippen molar-refractivity contribution in [2.45, 2.75) is 38.5 Å². The van der Waals surface area contributed by atoms with Gasteiger partial charge in [-0.2, -0.15) is 9.40 Å². The minimum atomic E-state index is -3.74. The Kier molecular flexibility index (Phi) is 7.41. The maximum absolute atomic E-state index is 12.7. The van der Waals surface area contributed by atoms with E-state index in [1.54, 1.807) is 20.0 Å². The zero-order valence-corrected chi connectivity index (χ0v) is 17.3. The Bertz CT molecular complexity index is 892. The molecule has 1 heterocycles. The van der Waals surface area contributed by atoms with Crippen molar-refractivity contribution in [1.82, 2.24) is 19.8 Å². The molecule has 0 spiro atoms. The van der Waals surface area contributed by atoms with Crippen molar-refractivity contribution in [3.8, 4) is 0 Å². The lowest BCUT2D eigenvalue weighted by molar-refractivity contribution is 0.0953. The molecule has 0 unspecified atom stereocenters. The number of hydrogen-bond donors (Lipinski definition) is 2. The van der Waals surface area contributed by atoms with Crippen LogP contribution >= 0.6 is 11.6 Å². The number of H-pyrrole nitrogens is 1. The van der Waals surface area contributed by atoms with E-state index in [1.165, 1.54) is 22.5 Å². The van der Waals surface area contributed by atoms with Crippen molar-refractivity contribution >= 4 is 27.5 Å². The summed E-state index contributed by atoms with van der Waals surface area (Å²) >= 11 is 6.10. The summed E-state index contributed by atoms with van der Waals surface area (Å²) in [7, 11) is -3.74. The van der Waals surface area contributed by atoms with Gasteiger partial charge in [-0.1, -0.05) is 25.4 Å². The molecule has 0 bridgehead atoms. The van der Waals surface area contributed by atoms with E-state index < -0.39 is 10.0 Å². The van der Waals surface area contributed by atoms with Crippen LogP contribution in [-0.2, 0) is 16.4 Å². The molecule has 1 aromatic heterocycles. The third-order valence-electron chi connectivity index (χ3n) is 4.36. The maximum atomic E-state index is 12.7. The van der Waals surface area contributed by atoms with Crippen LogP contribution in [0.3, 0.4) is 0 Å². The molecule has 0 radical (unpaired) electrons. The van der Waals surface area contributed by atoms with E-state index in [-0.39, 0.29) is 21.4 Å². The summed E-state index contributed by atoms with van der Waals surface area (Å²) in [5, 5.41) is 9.76. The number of benzene rings is 1. The van der Waals surface area contributed by atoms with Gasteiger partial charge in [0.2, 0.25) is 10.0 Å². The molecule has 2 aromatic rings. The first-order chi connectivity index (χ1) is 12.8. The van der Waals surface area contributed by atoms with Crippen LogP contribution in [0.1, 0.15) is 41.9 Å². The molecule has 27 heavy (non-hydrogen) atoms. The van der Waals surface area contributed by atoms with E-state index in [4.69, 9.17) is 11.6 Å². The number of rotatable bonds is 9. The zero-order valence-electron chi connectivity index (χ0n) is 15.8. The fourth-order valence-corrected chi connectivity index (χ4v) is 4.71. The van der Waals surface area contributed by atoms with Gasteiger partial charge in [0.15, 0.2) is 0 Å². The highest BCUT2D eigenvalue weighted by atomic mass is 35.5. The average molecular weight is 413 g/mol. The summed E-state index contributed by atoms with van der Waals surface area (Å²) in [5.41, 5.74) is 2.40. The molecule has 0 aliphatic rings. The average Bonchev–Trinajstić information content (AvgIpc) is 3.04. The molecule has 0 aliphatic heterocycles. The molecule has 1 aromatic carbocycles. The van der Waals surface area contributed by atoms with Gasteiger partial charge >= 0.3 is 0 Å². The Morgan fingerprint density at radius 1 is 1.30 bits per heavy atom. The second-order valence-electron chi connectivity index (χ2n) is 6.11. The Balaban J connectivity index is 2.06. The number of nitrogens with zero attached hydrogens (tertiary/aromatic N) is 2. The van der Waals surface area contributed by atoms with Crippen LogP contribution in [0.15, 0.2) is 29.3 Å². The monoisotopic (exact) mass is 412 g/mol. The molecule has 2 N–H and O–H groups in total. The molecule has 0 fully saturated rings. The van der Waals surface area contributed by atoms with Gasteiger partial charge in [0.25, 0.3) is 5.91 Å². The molecule has 1 amide bonds. The number of aromatic nitrogens is 2. The van der Waals surface area contributed by atoms with Gasteiger partial charge in [-0.3, -0.25) is 9.89 Å². The van der Waals surface area contributed by atoms with E-state index in [1.807, 2.05) is 6.92 Å². The predicted molar refractivity (Wildman–Crippen MR) is 106 cm³/mol. The number of halogens is 1. The van der Waals surface area contributed by atoms with Gasteiger partial charge in [-0.25, -0.2) is 8.42 Å². The zero-order chi connectivity index (χ0) is 20.0. The Hall–Kier alpha value is -1.90. The lowest BCUT2D eigenvalue weighted by Gasteiger charge is -2.19.